The molecule has 1 unspecified atom stereocenters. The topological polar surface area (TPSA) is 36.3 Å². The summed E-state index contributed by atoms with van der Waals surface area (Å²) >= 11 is 5.64. The lowest BCUT2D eigenvalue weighted by molar-refractivity contribution is 0.0762. The summed E-state index contributed by atoms with van der Waals surface area (Å²) in [4.78, 5) is 1.82. The Morgan fingerprint density at radius 1 is 1.59 bits per heavy atom. The van der Waals surface area contributed by atoms with Gasteiger partial charge in [0.15, 0.2) is 6.10 Å². The average molecular weight is 255 g/mol. The molecule has 0 N–H and O–H groups in total. The quantitative estimate of drug-likeness (QED) is 0.760. The number of benzene rings is 1. The summed E-state index contributed by atoms with van der Waals surface area (Å²) in [7, 11) is 0. The molecular weight excluding hydrogens is 243 g/mol. The van der Waals surface area contributed by atoms with Crippen LogP contribution in [0.3, 0.4) is 0 Å². The number of morpholine rings is 1. The van der Waals surface area contributed by atoms with Crippen LogP contribution in [0.4, 0.5) is 10.1 Å². The maximum atomic E-state index is 13.8. The van der Waals surface area contributed by atoms with Crippen molar-refractivity contribution in [1.82, 2.24) is 0 Å². The fourth-order valence-corrected chi connectivity index (χ4v) is 2.00. The van der Waals surface area contributed by atoms with Crippen molar-refractivity contribution in [1.29, 1.82) is 5.26 Å². The van der Waals surface area contributed by atoms with E-state index >= 15 is 0 Å². The third kappa shape index (κ3) is 2.68. The highest BCUT2D eigenvalue weighted by molar-refractivity contribution is 6.17. The lowest BCUT2D eigenvalue weighted by atomic mass is 10.2. The first-order valence-electron chi connectivity index (χ1n) is 5.35. The SMILES string of the molecule is N#CC1CN(c2ccc(CCl)cc2F)CCO1. The first kappa shape index (κ1) is 12.2. The van der Waals surface area contributed by atoms with E-state index in [1.54, 1.807) is 12.1 Å². The molecule has 17 heavy (non-hydrogen) atoms. The van der Waals surface area contributed by atoms with E-state index in [9.17, 15) is 4.39 Å². The molecule has 3 nitrogen and oxygen atoms in total. The van der Waals surface area contributed by atoms with Crippen molar-refractivity contribution in [2.75, 3.05) is 24.6 Å². The molecule has 1 aromatic rings. The Balaban J connectivity index is 2.19. The molecule has 1 heterocycles. The van der Waals surface area contributed by atoms with Gasteiger partial charge in [-0.3, -0.25) is 0 Å². The second-order valence-corrected chi connectivity index (χ2v) is 4.12. The molecule has 1 fully saturated rings. The molecule has 5 heteroatoms. The second kappa shape index (κ2) is 5.35. The molecule has 1 saturated heterocycles. The fraction of sp³-hybridized carbons (Fsp3) is 0.417. The van der Waals surface area contributed by atoms with Gasteiger partial charge in [-0.2, -0.15) is 5.26 Å². The molecule has 0 aromatic heterocycles. The predicted molar refractivity (Wildman–Crippen MR) is 63.5 cm³/mol. The zero-order valence-corrected chi connectivity index (χ0v) is 9.95. The number of anilines is 1. The lowest BCUT2D eigenvalue weighted by Gasteiger charge is -2.31. The van der Waals surface area contributed by atoms with Gasteiger partial charge in [-0.15, -0.1) is 11.6 Å². The van der Waals surface area contributed by atoms with Gasteiger partial charge in [-0.25, -0.2) is 4.39 Å². The van der Waals surface area contributed by atoms with Gasteiger partial charge in [0.25, 0.3) is 0 Å². The molecule has 90 valence electrons. The molecule has 2 rings (SSSR count). The molecular formula is C12H12ClFN2O. The van der Waals surface area contributed by atoms with Crippen LogP contribution in [-0.4, -0.2) is 25.8 Å². The van der Waals surface area contributed by atoms with E-state index in [0.717, 1.165) is 5.56 Å². The summed E-state index contributed by atoms with van der Waals surface area (Å²) in [6.07, 6.45) is -0.490. The Hall–Kier alpha value is -1.31. The molecule has 0 bridgehead atoms. The van der Waals surface area contributed by atoms with Gasteiger partial charge in [0.1, 0.15) is 5.82 Å². The molecule has 0 radical (unpaired) electrons. The van der Waals surface area contributed by atoms with E-state index in [0.29, 0.717) is 31.3 Å². The van der Waals surface area contributed by atoms with Gasteiger partial charge in [-0.1, -0.05) is 6.07 Å². The molecule has 1 aliphatic rings. The van der Waals surface area contributed by atoms with Crippen LogP contribution in [0, 0.1) is 17.1 Å². The van der Waals surface area contributed by atoms with Crippen molar-refractivity contribution in [3.05, 3.63) is 29.6 Å². The van der Waals surface area contributed by atoms with E-state index in [1.807, 2.05) is 11.0 Å². The van der Waals surface area contributed by atoms with Crippen molar-refractivity contribution in [3.63, 3.8) is 0 Å². The van der Waals surface area contributed by atoms with Crippen molar-refractivity contribution in [2.45, 2.75) is 12.0 Å². The molecule has 0 amide bonds. The monoisotopic (exact) mass is 254 g/mol. The summed E-state index contributed by atoms with van der Waals surface area (Å²) in [6.45, 7) is 1.43. The van der Waals surface area contributed by atoms with Crippen molar-refractivity contribution >= 4 is 17.3 Å². The molecule has 1 aromatic carbocycles. The van der Waals surface area contributed by atoms with E-state index in [4.69, 9.17) is 21.6 Å². The lowest BCUT2D eigenvalue weighted by Crippen LogP contribution is -2.42. The van der Waals surface area contributed by atoms with Gasteiger partial charge in [0, 0.05) is 12.4 Å². The normalized spacial score (nSPS) is 20.1. The molecule has 0 aliphatic carbocycles. The van der Waals surface area contributed by atoms with E-state index in [2.05, 4.69) is 0 Å². The highest BCUT2D eigenvalue weighted by Crippen LogP contribution is 2.23. The van der Waals surface area contributed by atoms with Crippen LogP contribution < -0.4 is 4.90 Å². The predicted octanol–water partition coefficient (Wildman–Crippen LogP) is 2.29. The van der Waals surface area contributed by atoms with Crippen LogP contribution in [0.2, 0.25) is 0 Å². The largest absolute Gasteiger partial charge is 0.363 e. The van der Waals surface area contributed by atoms with Crippen molar-refractivity contribution in [2.24, 2.45) is 0 Å². The number of rotatable bonds is 2. The van der Waals surface area contributed by atoms with Crippen LogP contribution in [0.1, 0.15) is 5.56 Å². The van der Waals surface area contributed by atoms with Crippen LogP contribution in [-0.2, 0) is 10.6 Å². The van der Waals surface area contributed by atoms with Gasteiger partial charge in [-0.05, 0) is 17.7 Å². The molecule has 1 atom stereocenters. The Bertz CT molecular complexity index is 447. The highest BCUT2D eigenvalue weighted by Gasteiger charge is 2.22. The highest BCUT2D eigenvalue weighted by atomic mass is 35.5. The summed E-state index contributed by atoms with van der Waals surface area (Å²) in [5, 5.41) is 8.79. The minimum Gasteiger partial charge on any atom is -0.363 e. The average Bonchev–Trinajstić information content (AvgIpc) is 2.38. The Morgan fingerprint density at radius 3 is 3.06 bits per heavy atom. The summed E-state index contributed by atoms with van der Waals surface area (Å²) in [6, 6.07) is 6.96. The fourth-order valence-electron chi connectivity index (χ4n) is 1.84. The summed E-state index contributed by atoms with van der Waals surface area (Å²) < 4.78 is 19.0. The number of hydrogen-bond acceptors (Lipinski definition) is 3. The van der Waals surface area contributed by atoms with Gasteiger partial charge >= 0.3 is 0 Å². The standard InChI is InChI=1S/C12H12ClFN2O/c13-6-9-1-2-12(11(14)5-9)16-3-4-17-10(7-15)8-16/h1-2,5,10H,3-4,6,8H2. The minimum absolute atomic E-state index is 0.293. The Morgan fingerprint density at radius 2 is 2.41 bits per heavy atom. The van der Waals surface area contributed by atoms with E-state index in [-0.39, 0.29) is 5.82 Å². The van der Waals surface area contributed by atoms with Crippen LogP contribution >= 0.6 is 11.6 Å². The van der Waals surface area contributed by atoms with Crippen LogP contribution in [0.5, 0.6) is 0 Å². The van der Waals surface area contributed by atoms with Gasteiger partial charge in [0.2, 0.25) is 0 Å². The minimum atomic E-state index is -0.490. The maximum Gasteiger partial charge on any atom is 0.161 e. The number of halogens is 2. The maximum absolute atomic E-state index is 13.8. The van der Waals surface area contributed by atoms with Crippen LogP contribution in [0.15, 0.2) is 18.2 Å². The molecule has 0 saturated carbocycles. The third-order valence-corrected chi connectivity index (χ3v) is 3.03. The number of alkyl halides is 1. The summed E-state index contributed by atoms with van der Waals surface area (Å²) in [5.74, 6) is -0.0112. The first-order valence-corrected chi connectivity index (χ1v) is 5.88. The number of ether oxygens (including phenoxy) is 1. The molecule has 0 spiro atoms. The van der Waals surface area contributed by atoms with Gasteiger partial charge in [0.05, 0.1) is 24.9 Å². The number of nitriles is 1. The first-order chi connectivity index (χ1) is 8.24. The Labute approximate surface area is 104 Å². The zero-order valence-electron chi connectivity index (χ0n) is 9.20. The van der Waals surface area contributed by atoms with Crippen LogP contribution in [0.25, 0.3) is 0 Å². The van der Waals surface area contributed by atoms with E-state index in [1.165, 1.54) is 6.07 Å². The van der Waals surface area contributed by atoms with E-state index < -0.39 is 6.10 Å². The summed E-state index contributed by atoms with van der Waals surface area (Å²) in [5.41, 5.74) is 1.25. The number of hydrogen-bond donors (Lipinski definition) is 0. The van der Waals surface area contributed by atoms with Gasteiger partial charge < -0.3 is 9.64 Å². The third-order valence-electron chi connectivity index (χ3n) is 2.72. The zero-order chi connectivity index (χ0) is 12.3. The second-order valence-electron chi connectivity index (χ2n) is 3.85. The Kier molecular flexibility index (Phi) is 3.82. The van der Waals surface area contributed by atoms with Crippen molar-refractivity contribution < 1.29 is 9.13 Å². The number of nitrogens with zero attached hydrogens (tertiary/aromatic N) is 2. The molecule has 1 aliphatic heterocycles. The smallest absolute Gasteiger partial charge is 0.161 e. The van der Waals surface area contributed by atoms with Crippen molar-refractivity contribution in [3.8, 4) is 6.07 Å².